The van der Waals surface area contributed by atoms with E-state index in [0.29, 0.717) is 12.5 Å². The molecule has 5 heteroatoms. The second-order valence-corrected chi connectivity index (χ2v) is 8.49. The first-order valence-corrected chi connectivity index (χ1v) is 9.10. The number of benzene rings is 1. The van der Waals surface area contributed by atoms with Crippen LogP contribution in [0.4, 0.5) is 0 Å². The van der Waals surface area contributed by atoms with Crippen molar-refractivity contribution in [3.05, 3.63) is 35.4 Å². The Balaban J connectivity index is 0.00000312. The lowest BCUT2D eigenvalue weighted by molar-refractivity contribution is 0.134. The van der Waals surface area contributed by atoms with E-state index in [1.807, 2.05) is 0 Å². The minimum absolute atomic E-state index is 0. The lowest BCUT2D eigenvalue weighted by Gasteiger charge is -2.35. The number of halogens is 1. The van der Waals surface area contributed by atoms with Gasteiger partial charge in [-0.1, -0.05) is 38.1 Å². The third-order valence-electron chi connectivity index (χ3n) is 4.38. The number of nitrogens with two attached hydrogens (primary N) is 1. The van der Waals surface area contributed by atoms with Crippen LogP contribution in [0.2, 0.25) is 0 Å². The molecule has 2 rings (SSSR count). The third-order valence-corrected chi connectivity index (χ3v) is 4.38. The second-order valence-electron chi connectivity index (χ2n) is 8.49. The van der Waals surface area contributed by atoms with Gasteiger partial charge in [0.15, 0.2) is 5.96 Å². The van der Waals surface area contributed by atoms with E-state index >= 15 is 0 Å². The van der Waals surface area contributed by atoms with Crippen LogP contribution in [0.15, 0.2) is 29.3 Å². The number of guanidine groups is 1. The molecule has 1 saturated heterocycles. The van der Waals surface area contributed by atoms with E-state index in [0.717, 1.165) is 18.4 Å². The number of hydrogen-bond acceptors (Lipinski definition) is 2. The molecule has 1 aromatic carbocycles. The van der Waals surface area contributed by atoms with E-state index in [4.69, 9.17) is 5.73 Å². The van der Waals surface area contributed by atoms with Gasteiger partial charge in [0.25, 0.3) is 0 Å². The molecule has 2 unspecified atom stereocenters. The van der Waals surface area contributed by atoms with Gasteiger partial charge in [-0.25, -0.2) is 4.99 Å². The summed E-state index contributed by atoms with van der Waals surface area (Å²) >= 11 is 0. The van der Waals surface area contributed by atoms with Gasteiger partial charge in [0.1, 0.15) is 0 Å². The molecule has 1 aliphatic heterocycles. The zero-order valence-electron chi connectivity index (χ0n) is 16.4. The SMILES string of the molecule is CC1CC(C)CN(Cc2ccccc2CN=C(N)NC(C)(C)C)C1.I. The number of piperidine rings is 1. The maximum absolute atomic E-state index is 6.01. The normalized spacial score (nSPS) is 22.4. The van der Waals surface area contributed by atoms with Crippen molar-refractivity contribution in [2.75, 3.05) is 13.1 Å². The average Bonchev–Trinajstić information content (AvgIpc) is 2.43. The lowest BCUT2D eigenvalue weighted by Crippen LogP contribution is -2.45. The molecule has 3 N–H and O–H groups in total. The fraction of sp³-hybridized carbons (Fsp3) is 0.650. The van der Waals surface area contributed by atoms with E-state index < -0.39 is 0 Å². The van der Waals surface area contributed by atoms with E-state index in [1.54, 1.807) is 0 Å². The number of aliphatic imine (C=N–C) groups is 1. The van der Waals surface area contributed by atoms with Crippen LogP contribution < -0.4 is 11.1 Å². The topological polar surface area (TPSA) is 53.6 Å². The number of nitrogens with one attached hydrogen (secondary N) is 1. The van der Waals surface area contributed by atoms with E-state index in [-0.39, 0.29) is 29.5 Å². The standard InChI is InChI=1S/C20H34N4.HI/c1-15-10-16(2)13-24(12-15)14-18-9-7-6-8-17(18)11-22-19(21)23-20(3,4)5;/h6-9,15-16H,10-14H2,1-5H3,(H3,21,22,23);1H. The van der Waals surface area contributed by atoms with Crippen molar-refractivity contribution in [3.63, 3.8) is 0 Å². The molecule has 1 heterocycles. The molecule has 25 heavy (non-hydrogen) atoms. The Bertz CT molecular complexity index is 555. The van der Waals surface area contributed by atoms with Crippen LogP contribution in [-0.4, -0.2) is 29.5 Å². The van der Waals surface area contributed by atoms with Crippen molar-refractivity contribution in [3.8, 4) is 0 Å². The molecule has 0 bridgehead atoms. The smallest absolute Gasteiger partial charge is 0.189 e. The second kappa shape index (κ2) is 9.76. The van der Waals surface area contributed by atoms with Crippen LogP contribution >= 0.6 is 24.0 Å². The van der Waals surface area contributed by atoms with Crippen molar-refractivity contribution in [2.45, 2.75) is 59.7 Å². The Morgan fingerprint density at radius 1 is 1.16 bits per heavy atom. The fourth-order valence-corrected chi connectivity index (χ4v) is 3.62. The van der Waals surface area contributed by atoms with E-state index in [1.165, 1.54) is 30.6 Å². The number of likely N-dealkylation sites (tertiary alicyclic amines) is 1. The lowest BCUT2D eigenvalue weighted by atomic mass is 9.91. The van der Waals surface area contributed by atoms with Crippen molar-refractivity contribution in [1.82, 2.24) is 10.2 Å². The minimum atomic E-state index is -0.0623. The van der Waals surface area contributed by atoms with Crippen molar-refractivity contribution in [1.29, 1.82) is 0 Å². The molecule has 142 valence electrons. The quantitative estimate of drug-likeness (QED) is 0.408. The average molecular weight is 458 g/mol. The van der Waals surface area contributed by atoms with Gasteiger partial charge >= 0.3 is 0 Å². The van der Waals surface area contributed by atoms with Gasteiger partial charge in [0.05, 0.1) is 6.54 Å². The zero-order chi connectivity index (χ0) is 17.7. The highest BCUT2D eigenvalue weighted by molar-refractivity contribution is 14.0. The van der Waals surface area contributed by atoms with Gasteiger partial charge in [0, 0.05) is 25.2 Å². The zero-order valence-corrected chi connectivity index (χ0v) is 18.7. The predicted octanol–water partition coefficient (Wildman–Crippen LogP) is 3.99. The first-order valence-electron chi connectivity index (χ1n) is 9.10. The number of rotatable bonds is 4. The molecule has 1 aliphatic rings. The van der Waals surface area contributed by atoms with Crippen LogP contribution in [0.5, 0.6) is 0 Å². The molecule has 4 nitrogen and oxygen atoms in total. The number of nitrogens with zero attached hydrogens (tertiary/aromatic N) is 2. The molecule has 1 fully saturated rings. The van der Waals surface area contributed by atoms with Crippen LogP contribution in [0.25, 0.3) is 0 Å². The maximum atomic E-state index is 6.01. The molecular weight excluding hydrogens is 423 g/mol. The van der Waals surface area contributed by atoms with Crippen molar-refractivity contribution < 1.29 is 0 Å². The Hall–Kier alpha value is -0.820. The predicted molar refractivity (Wildman–Crippen MR) is 118 cm³/mol. The minimum Gasteiger partial charge on any atom is -0.370 e. The molecule has 0 amide bonds. The highest BCUT2D eigenvalue weighted by atomic mass is 127. The summed E-state index contributed by atoms with van der Waals surface area (Å²) in [7, 11) is 0. The molecule has 0 spiro atoms. The molecule has 2 atom stereocenters. The molecule has 0 aromatic heterocycles. The third kappa shape index (κ3) is 7.94. The number of hydrogen-bond donors (Lipinski definition) is 2. The van der Waals surface area contributed by atoms with Gasteiger partial charge in [-0.05, 0) is 50.2 Å². The molecule has 0 radical (unpaired) electrons. The van der Waals surface area contributed by atoms with Crippen molar-refractivity contribution in [2.24, 2.45) is 22.6 Å². The molecule has 0 saturated carbocycles. The Labute approximate surface area is 170 Å². The van der Waals surface area contributed by atoms with Crippen LogP contribution in [0.3, 0.4) is 0 Å². The summed E-state index contributed by atoms with van der Waals surface area (Å²) in [6.07, 6.45) is 1.34. The fourth-order valence-electron chi connectivity index (χ4n) is 3.62. The highest BCUT2D eigenvalue weighted by Gasteiger charge is 2.22. The summed E-state index contributed by atoms with van der Waals surface area (Å²) in [4.78, 5) is 7.11. The van der Waals surface area contributed by atoms with Gasteiger partial charge in [-0.15, -0.1) is 24.0 Å². The van der Waals surface area contributed by atoms with E-state index in [2.05, 4.69) is 74.1 Å². The summed E-state index contributed by atoms with van der Waals surface area (Å²) in [6, 6.07) is 8.60. The Kier molecular flexibility index (Phi) is 8.68. The first-order chi connectivity index (χ1) is 11.2. The van der Waals surface area contributed by atoms with Gasteiger partial charge < -0.3 is 11.1 Å². The van der Waals surface area contributed by atoms with Crippen LogP contribution in [0, 0.1) is 11.8 Å². The summed E-state index contributed by atoms with van der Waals surface area (Å²) in [5, 5.41) is 3.22. The maximum Gasteiger partial charge on any atom is 0.189 e. The summed E-state index contributed by atoms with van der Waals surface area (Å²) in [6.45, 7) is 15.0. The summed E-state index contributed by atoms with van der Waals surface area (Å²) in [5.74, 6) is 2.08. The summed E-state index contributed by atoms with van der Waals surface area (Å²) in [5.41, 5.74) is 8.58. The monoisotopic (exact) mass is 458 g/mol. The Morgan fingerprint density at radius 3 is 2.28 bits per heavy atom. The van der Waals surface area contributed by atoms with Gasteiger partial charge in [-0.2, -0.15) is 0 Å². The highest BCUT2D eigenvalue weighted by Crippen LogP contribution is 2.23. The summed E-state index contributed by atoms with van der Waals surface area (Å²) < 4.78 is 0. The van der Waals surface area contributed by atoms with Gasteiger partial charge in [-0.3, -0.25) is 4.90 Å². The Morgan fingerprint density at radius 2 is 1.72 bits per heavy atom. The molecule has 1 aromatic rings. The van der Waals surface area contributed by atoms with E-state index in [9.17, 15) is 0 Å². The van der Waals surface area contributed by atoms with Crippen LogP contribution in [0.1, 0.15) is 52.2 Å². The first kappa shape index (κ1) is 22.2. The molecular formula is C20H35IN4. The molecule has 0 aliphatic carbocycles. The van der Waals surface area contributed by atoms with Crippen molar-refractivity contribution >= 4 is 29.9 Å². The van der Waals surface area contributed by atoms with Crippen LogP contribution in [-0.2, 0) is 13.1 Å². The largest absolute Gasteiger partial charge is 0.370 e. The van der Waals surface area contributed by atoms with Gasteiger partial charge in [0.2, 0.25) is 0 Å².